The van der Waals surface area contributed by atoms with Crippen LogP contribution in [0.2, 0.25) is 20.1 Å². The first-order chi connectivity index (χ1) is 15.2. The number of hydrogen-bond acceptors (Lipinski definition) is 3. The summed E-state index contributed by atoms with van der Waals surface area (Å²) in [5.74, 6) is 0. The van der Waals surface area contributed by atoms with Crippen molar-refractivity contribution in [3.8, 4) is 0 Å². The first kappa shape index (κ1) is 25.0. The van der Waals surface area contributed by atoms with E-state index >= 15 is 0 Å². The number of carbonyl (C=O) groups excluding carboxylic acids is 2. The van der Waals surface area contributed by atoms with E-state index in [1.54, 1.807) is 24.3 Å². The molecular formula is C24H19Cl4O3P. The lowest BCUT2D eigenvalue weighted by Crippen LogP contribution is -2.21. The fourth-order valence-electron chi connectivity index (χ4n) is 3.30. The Hall–Kier alpha value is -1.61. The van der Waals surface area contributed by atoms with Gasteiger partial charge >= 0.3 is 0 Å². The van der Waals surface area contributed by atoms with Crippen molar-refractivity contribution in [1.29, 1.82) is 0 Å². The van der Waals surface area contributed by atoms with Gasteiger partial charge in [-0.25, -0.2) is 0 Å². The van der Waals surface area contributed by atoms with Gasteiger partial charge in [-0.15, -0.1) is 0 Å². The van der Waals surface area contributed by atoms with Gasteiger partial charge in [-0.05, 0) is 42.7 Å². The number of unbranched alkanes of at least 4 members (excludes halogenated alkanes) is 1. The molecule has 0 saturated carbocycles. The van der Waals surface area contributed by atoms with Crippen molar-refractivity contribution in [2.75, 3.05) is 0 Å². The molecule has 3 rings (SSSR count). The molecule has 3 aromatic rings. The second-order valence-electron chi connectivity index (χ2n) is 7.18. The molecule has 0 amide bonds. The highest BCUT2D eigenvalue weighted by Gasteiger charge is 2.45. The molecular weight excluding hydrogens is 509 g/mol. The van der Waals surface area contributed by atoms with Crippen LogP contribution in [-0.2, 0) is 11.0 Å². The summed E-state index contributed by atoms with van der Waals surface area (Å²) in [5.41, 5.74) is -1.27. The Balaban J connectivity index is 2.23. The summed E-state index contributed by atoms with van der Waals surface area (Å²) in [6, 6.07) is 15.5. The van der Waals surface area contributed by atoms with E-state index in [-0.39, 0.29) is 36.5 Å². The maximum Gasteiger partial charge on any atom is 0.248 e. The van der Waals surface area contributed by atoms with Crippen molar-refractivity contribution in [3.05, 3.63) is 97.4 Å². The molecule has 0 unspecified atom stereocenters. The highest BCUT2D eigenvalue weighted by molar-refractivity contribution is 8.01. The van der Waals surface area contributed by atoms with E-state index in [1.807, 2.05) is 0 Å². The molecule has 0 atom stereocenters. The van der Waals surface area contributed by atoms with Crippen molar-refractivity contribution in [1.82, 2.24) is 0 Å². The minimum absolute atomic E-state index is 0.000321. The second kappa shape index (κ2) is 10.5. The minimum Gasteiger partial charge on any atom is -0.302 e. The van der Waals surface area contributed by atoms with Crippen molar-refractivity contribution < 1.29 is 14.2 Å². The van der Waals surface area contributed by atoms with Gasteiger partial charge in [0.05, 0.1) is 31.2 Å². The summed E-state index contributed by atoms with van der Waals surface area (Å²) >= 11 is 24.9. The van der Waals surface area contributed by atoms with Crippen LogP contribution in [0.4, 0.5) is 0 Å². The average Bonchev–Trinajstić information content (AvgIpc) is 2.77. The summed E-state index contributed by atoms with van der Waals surface area (Å²) in [7, 11) is -4.47. The van der Waals surface area contributed by atoms with Gasteiger partial charge in [0.1, 0.15) is 0 Å². The Kier molecular flexibility index (Phi) is 8.25. The molecule has 0 aliphatic carbocycles. The van der Waals surface area contributed by atoms with Gasteiger partial charge < -0.3 is 4.57 Å². The van der Waals surface area contributed by atoms with Crippen LogP contribution in [-0.4, -0.2) is 11.0 Å². The Morgan fingerprint density at radius 1 is 0.719 bits per heavy atom. The predicted molar refractivity (Wildman–Crippen MR) is 134 cm³/mol. The van der Waals surface area contributed by atoms with E-state index in [4.69, 9.17) is 46.4 Å². The molecule has 0 aromatic heterocycles. The third-order valence-electron chi connectivity index (χ3n) is 5.04. The van der Waals surface area contributed by atoms with Crippen molar-refractivity contribution in [3.63, 3.8) is 0 Å². The minimum atomic E-state index is -4.47. The fourth-order valence-corrected chi connectivity index (χ4v) is 7.04. The lowest BCUT2D eigenvalue weighted by Gasteiger charge is -2.19. The summed E-state index contributed by atoms with van der Waals surface area (Å²) in [6.07, 6.45) is 2.84. The number of rotatable bonds is 8. The van der Waals surface area contributed by atoms with Gasteiger partial charge in [-0.2, -0.15) is 0 Å². The van der Waals surface area contributed by atoms with Crippen LogP contribution in [0.5, 0.6) is 0 Å². The highest BCUT2D eigenvalue weighted by Crippen LogP contribution is 2.54. The zero-order valence-corrected chi connectivity index (χ0v) is 21.0. The third-order valence-corrected chi connectivity index (χ3v) is 8.92. The summed E-state index contributed by atoms with van der Waals surface area (Å²) in [5, 5.41) is 0.0705. The van der Waals surface area contributed by atoms with Crippen LogP contribution in [0.1, 0.15) is 46.0 Å². The zero-order valence-electron chi connectivity index (χ0n) is 17.1. The summed E-state index contributed by atoms with van der Waals surface area (Å²) in [6.45, 7) is 2.08. The van der Waals surface area contributed by atoms with E-state index < -0.39 is 18.2 Å². The SMILES string of the molecule is CCCCc1ccc(P(=O)(C(=O)c2c(Cl)cccc2Cl)C(=O)c2c(Cl)cccc2Cl)cc1. The fraction of sp³-hybridized carbons (Fsp3) is 0.167. The molecule has 32 heavy (non-hydrogen) atoms. The van der Waals surface area contributed by atoms with Crippen molar-refractivity contribution >= 4 is 69.9 Å². The number of aryl methyl sites for hydroxylation is 1. The Morgan fingerprint density at radius 3 is 1.50 bits per heavy atom. The van der Waals surface area contributed by atoms with Crippen LogP contribution >= 0.6 is 53.5 Å². The first-order valence-electron chi connectivity index (χ1n) is 9.89. The summed E-state index contributed by atoms with van der Waals surface area (Å²) < 4.78 is 14.4. The molecule has 0 bridgehead atoms. The molecule has 0 aliphatic rings. The molecule has 0 saturated heterocycles. The topological polar surface area (TPSA) is 51.2 Å². The molecule has 0 N–H and O–H groups in total. The predicted octanol–water partition coefficient (Wildman–Crippen LogP) is 8.31. The van der Waals surface area contributed by atoms with Gasteiger partial charge in [0.25, 0.3) is 0 Å². The van der Waals surface area contributed by atoms with Gasteiger partial charge in [-0.3, -0.25) is 9.59 Å². The van der Waals surface area contributed by atoms with E-state index in [2.05, 4.69) is 6.92 Å². The van der Waals surface area contributed by atoms with E-state index in [9.17, 15) is 14.2 Å². The average molecular weight is 528 g/mol. The maximum absolute atomic E-state index is 14.4. The smallest absolute Gasteiger partial charge is 0.248 e. The monoisotopic (exact) mass is 526 g/mol. The van der Waals surface area contributed by atoms with E-state index in [0.29, 0.717) is 0 Å². The molecule has 0 aliphatic heterocycles. The van der Waals surface area contributed by atoms with Crippen LogP contribution in [0, 0.1) is 0 Å². The number of hydrogen-bond donors (Lipinski definition) is 0. The van der Waals surface area contributed by atoms with Crippen LogP contribution < -0.4 is 5.30 Å². The molecule has 0 radical (unpaired) electrons. The Morgan fingerprint density at radius 2 is 1.12 bits per heavy atom. The lowest BCUT2D eigenvalue weighted by atomic mass is 10.1. The second-order valence-corrected chi connectivity index (χ2v) is 11.4. The molecule has 0 fully saturated rings. The largest absolute Gasteiger partial charge is 0.302 e. The quantitative estimate of drug-likeness (QED) is 0.277. The normalized spacial score (nSPS) is 11.4. The Bertz CT molecular complexity index is 1110. The molecule has 0 spiro atoms. The number of benzene rings is 3. The van der Waals surface area contributed by atoms with Crippen LogP contribution in [0.3, 0.4) is 0 Å². The number of carbonyl (C=O) groups is 2. The zero-order chi connectivity index (χ0) is 23.5. The van der Waals surface area contributed by atoms with Crippen LogP contribution in [0.25, 0.3) is 0 Å². The molecule has 166 valence electrons. The highest BCUT2D eigenvalue weighted by atomic mass is 35.5. The number of halogens is 4. The van der Waals surface area contributed by atoms with Crippen LogP contribution in [0.15, 0.2) is 60.7 Å². The van der Waals surface area contributed by atoms with Gasteiger partial charge in [0.15, 0.2) is 0 Å². The third kappa shape index (κ3) is 4.83. The Labute approximate surface area is 207 Å². The lowest BCUT2D eigenvalue weighted by molar-refractivity contribution is 0.104. The molecule has 0 heterocycles. The standard InChI is InChI=1S/C24H19Cl4O3P/c1-2-3-6-15-11-13-16(14-12-15)32(31,23(29)21-17(25)7-4-8-18(21)26)24(30)22-19(27)9-5-10-20(22)28/h4-5,7-14H,2-3,6H2,1H3. The van der Waals surface area contributed by atoms with Crippen molar-refractivity contribution in [2.45, 2.75) is 26.2 Å². The first-order valence-corrected chi connectivity index (χ1v) is 13.1. The van der Waals surface area contributed by atoms with Gasteiger partial charge in [-0.1, -0.05) is 96.1 Å². The van der Waals surface area contributed by atoms with E-state index in [1.165, 1.54) is 36.4 Å². The molecule has 8 heteroatoms. The van der Waals surface area contributed by atoms with Gasteiger partial charge in [0, 0.05) is 5.30 Å². The molecule has 3 nitrogen and oxygen atoms in total. The van der Waals surface area contributed by atoms with Crippen molar-refractivity contribution in [2.24, 2.45) is 0 Å². The summed E-state index contributed by atoms with van der Waals surface area (Å²) in [4.78, 5) is 27.3. The molecule has 3 aromatic carbocycles. The maximum atomic E-state index is 14.4. The van der Waals surface area contributed by atoms with Gasteiger partial charge in [0.2, 0.25) is 18.2 Å². The van der Waals surface area contributed by atoms with E-state index in [0.717, 1.165) is 24.8 Å².